The number of nitrogens with one attached hydrogen (secondary N) is 4. The summed E-state index contributed by atoms with van der Waals surface area (Å²) in [5.74, 6) is -2.69. The summed E-state index contributed by atoms with van der Waals surface area (Å²) in [7, 11) is 0. The molecule has 4 rings (SSSR count). The largest absolute Gasteiger partial charge is 0.481 e. The minimum atomic E-state index is -1.08. The number of pyridine rings is 1. The predicted molar refractivity (Wildman–Crippen MR) is 224 cm³/mol. The molecule has 18 nitrogen and oxygen atoms in total. The molecule has 324 valence electrons. The first kappa shape index (κ1) is 46.5. The van der Waals surface area contributed by atoms with E-state index in [1.165, 1.54) is 0 Å². The molecule has 60 heavy (non-hydrogen) atoms. The van der Waals surface area contributed by atoms with E-state index in [0.717, 1.165) is 5.39 Å². The van der Waals surface area contributed by atoms with Crippen molar-refractivity contribution < 1.29 is 48.5 Å². The Morgan fingerprint density at radius 1 is 0.933 bits per heavy atom. The number of aliphatic hydroxyl groups is 1. The molecule has 0 radical (unpaired) electrons. The number of para-hydroxylation sites is 1. The number of hydrogen-bond donors (Lipinski definition) is 7. The van der Waals surface area contributed by atoms with Crippen LogP contribution in [0, 0.1) is 11.8 Å². The average molecular weight is 833 g/mol. The Bertz CT molecular complexity index is 2150. The number of aliphatic carboxylic acids is 1. The van der Waals surface area contributed by atoms with E-state index in [2.05, 4.69) is 26.3 Å². The van der Waals surface area contributed by atoms with E-state index in [4.69, 9.17) is 25.3 Å². The number of amides is 5. The highest BCUT2D eigenvalue weighted by molar-refractivity contribution is 6.09. The number of nitrogens with zero attached hydrogens (tertiary/aromatic N) is 3. The van der Waals surface area contributed by atoms with E-state index in [-0.39, 0.29) is 75.9 Å². The van der Waals surface area contributed by atoms with Crippen LogP contribution in [0.1, 0.15) is 84.5 Å². The molecule has 0 aliphatic carbocycles. The first-order chi connectivity index (χ1) is 28.4. The normalized spacial score (nSPS) is 12.5. The number of carboxylic acids is 1. The minimum Gasteiger partial charge on any atom is -0.481 e. The lowest BCUT2D eigenvalue weighted by Gasteiger charge is -2.24. The number of primary amides is 1. The summed E-state index contributed by atoms with van der Waals surface area (Å²) >= 11 is 0. The van der Waals surface area contributed by atoms with Gasteiger partial charge in [-0.2, -0.15) is 0 Å². The fraction of sp³-hybridized carbons (Fsp3) is 0.476. The highest BCUT2D eigenvalue weighted by Gasteiger charge is 2.30. The molecule has 2 aromatic carbocycles. The number of carboxylic acid groups (broad SMARTS) is 1. The van der Waals surface area contributed by atoms with Gasteiger partial charge in [0, 0.05) is 49.4 Å². The predicted octanol–water partition coefficient (Wildman–Crippen LogP) is 5.00. The van der Waals surface area contributed by atoms with Crippen molar-refractivity contribution in [1.82, 2.24) is 25.2 Å². The molecule has 2 atom stereocenters. The fourth-order valence-electron chi connectivity index (χ4n) is 6.56. The van der Waals surface area contributed by atoms with Gasteiger partial charge in [0.2, 0.25) is 11.8 Å². The number of anilines is 2. The number of carbonyl (C=O) groups excluding carboxylic acids is 5. The molecule has 2 aromatic heterocycles. The van der Waals surface area contributed by atoms with Crippen molar-refractivity contribution in [2.24, 2.45) is 17.6 Å². The van der Waals surface area contributed by atoms with Crippen molar-refractivity contribution in [3.05, 3.63) is 59.9 Å². The average Bonchev–Trinajstić information content (AvgIpc) is 3.53. The van der Waals surface area contributed by atoms with Gasteiger partial charge in [0.25, 0.3) is 0 Å². The molecule has 0 bridgehead atoms. The number of carbonyl (C=O) groups is 6. The zero-order valence-corrected chi connectivity index (χ0v) is 34.7. The first-order valence-corrected chi connectivity index (χ1v) is 19.9. The smallest absolute Gasteiger partial charge is 0.413 e. The number of Topliss-reactive ketones (excluding diaryl/α,β-unsaturated/α-hetero) is 1. The summed E-state index contributed by atoms with van der Waals surface area (Å²) in [6.07, 6.45) is -0.531. The second-order valence-corrected chi connectivity index (χ2v) is 15.5. The summed E-state index contributed by atoms with van der Waals surface area (Å²) < 4.78 is 13.1. The molecule has 8 N–H and O–H groups in total. The molecule has 4 aromatic rings. The number of ketones is 1. The van der Waals surface area contributed by atoms with Gasteiger partial charge >= 0.3 is 18.1 Å². The lowest BCUT2D eigenvalue weighted by molar-refractivity contribution is -0.137. The Morgan fingerprint density at radius 3 is 2.30 bits per heavy atom. The van der Waals surface area contributed by atoms with Crippen LogP contribution in [0.3, 0.4) is 0 Å². The Hall–Kier alpha value is -6.14. The van der Waals surface area contributed by atoms with Crippen molar-refractivity contribution in [1.29, 1.82) is 0 Å². The molecule has 18 heteroatoms. The van der Waals surface area contributed by atoms with Crippen molar-refractivity contribution in [3.8, 4) is 0 Å². The standard InChI is InChI=1S/C42H56N8O10/c1-6-59-23-32-47-36-37(50(32)24-42(4,5)58)29-12-7-8-13-30(29)46-38(36)49-41(57)60-22-26-16-18-28(19-17-26)45-39(55)27(11-10-20-44-40(43)56)21-31(51)35(25(2)3)48-33(52)14-9-15-34(53)54/h7-8,12-13,16-19,25,27,35,58H,6,9-11,14-15,20-24H2,1-5H3,(H,45,55)(H,48,52)(H,53,54)(H3,43,44,56)(H,46,49,57)/t27-,35+/m1/s1. The zero-order chi connectivity index (χ0) is 44.0. The van der Waals surface area contributed by atoms with E-state index in [1.807, 2.05) is 35.8 Å². The zero-order valence-electron chi connectivity index (χ0n) is 34.7. The van der Waals surface area contributed by atoms with Gasteiger partial charge in [-0.3, -0.25) is 24.5 Å². The van der Waals surface area contributed by atoms with E-state index in [9.17, 15) is 33.9 Å². The summed E-state index contributed by atoms with van der Waals surface area (Å²) in [5.41, 5.74) is 6.80. The quantitative estimate of drug-likeness (QED) is 0.0487. The second-order valence-electron chi connectivity index (χ2n) is 15.5. The maximum atomic E-state index is 13.6. The minimum absolute atomic E-state index is 0.0600. The number of imidazole rings is 1. The van der Waals surface area contributed by atoms with Gasteiger partial charge in [0.1, 0.15) is 24.6 Å². The lowest BCUT2D eigenvalue weighted by atomic mass is 9.89. The van der Waals surface area contributed by atoms with Gasteiger partial charge in [-0.25, -0.2) is 19.6 Å². The Balaban J connectivity index is 1.43. The SMILES string of the molecule is CCOCc1nc2c(NC(=O)OCc3ccc(NC(=O)[C@H](CCCNC(N)=O)CC(=O)[C@@H](NC(=O)CCCC(=O)O)C(C)C)cc3)nc3ccccc3c2n1CC(C)(C)O. The number of nitrogens with two attached hydrogens (primary N) is 1. The third-order valence-electron chi connectivity index (χ3n) is 9.43. The van der Waals surface area contributed by atoms with E-state index < -0.39 is 47.5 Å². The number of urea groups is 1. The highest BCUT2D eigenvalue weighted by atomic mass is 16.5. The number of ether oxygens (including phenoxy) is 2. The Kier molecular flexibility index (Phi) is 16.9. The first-order valence-electron chi connectivity index (χ1n) is 19.9. The van der Waals surface area contributed by atoms with Gasteiger partial charge in [-0.05, 0) is 69.7 Å². The summed E-state index contributed by atoms with van der Waals surface area (Å²) in [5, 5.41) is 31.1. The van der Waals surface area contributed by atoms with Crippen LogP contribution in [0.25, 0.3) is 21.9 Å². The summed E-state index contributed by atoms with van der Waals surface area (Å²) in [6.45, 7) is 9.70. The maximum absolute atomic E-state index is 13.6. The van der Waals surface area contributed by atoms with Crippen molar-refractivity contribution >= 4 is 69.1 Å². The molecule has 0 aliphatic heterocycles. The van der Waals surface area contributed by atoms with Crippen LogP contribution >= 0.6 is 0 Å². The van der Waals surface area contributed by atoms with Crippen LogP contribution in [0.15, 0.2) is 48.5 Å². The molecule has 5 amide bonds. The molecule has 2 heterocycles. The van der Waals surface area contributed by atoms with Gasteiger partial charge in [0.15, 0.2) is 11.6 Å². The van der Waals surface area contributed by atoms with Crippen LogP contribution in [0.2, 0.25) is 0 Å². The van der Waals surface area contributed by atoms with Crippen molar-refractivity contribution in [3.63, 3.8) is 0 Å². The second kappa shape index (κ2) is 21.7. The molecule has 0 unspecified atom stereocenters. The summed E-state index contributed by atoms with van der Waals surface area (Å²) in [4.78, 5) is 84.2. The number of hydrogen-bond acceptors (Lipinski definition) is 11. The third kappa shape index (κ3) is 14.0. The number of benzene rings is 2. The van der Waals surface area contributed by atoms with E-state index in [1.54, 1.807) is 52.0 Å². The molecule has 0 saturated carbocycles. The molecule has 0 spiro atoms. The van der Waals surface area contributed by atoms with Crippen molar-refractivity contribution in [2.45, 2.75) is 105 Å². The molecular weight excluding hydrogens is 777 g/mol. The van der Waals surface area contributed by atoms with E-state index in [0.29, 0.717) is 46.7 Å². The molecule has 0 saturated heterocycles. The number of rotatable bonds is 23. The van der Waals surface area contributed by atoms with E-state index >= 15 is 0 Å². The number of aromatic nitrogens is 3. The van der Waals surface area contributed by atoms with Crippen LogP contribution < -0.4 is 27.0 Å². The van der Waals surface area contributed by atoms with Gasteiger partial charge in [-0.15, -0.1) is 0 Å². The van der Waals surface area contributed by atoms with Gasteiger partial charge < -0.3 is 45.9 Å². The Morgan fingerprint density at radius 2 is 1.65 bits per heavy atom. The van der Waals surface area contributed by atoms with Crippen LogP contribution in [0.5, 0.6) is 0 Å². The van der Waals surface area contributed by atoms with Crippen LogP contribution in [0.4, 0.5) is 21.1 Å². The molecule has 0 aliphatic rings. The fourth-order valence-corrected chi connectivity index (χ4v) is 6.56. The summed E-state index contributed by atoms with van der Waals surface area (Å²) in [6, 6.07) is 12.4. The van der Waals surface area contributed by atoms with Gasteiger partial charge in [-0.1, -0.05) is 44.2 Å². The number of fused-ring (bicyclic) bond motifs is 3. The lowest BCUT2D eigenvalue weighted by Crippen LogP contribution is -2.45. The van der Waals surface area contributed by atoms with Crippen LogP contribution in [-0.4, -0.2) is 85.2 Å². The monoisotopic (exact) mass is 832 g/mol. The topological polar surface area (TPSA) is 266 Å². The maximum Gasteiger partial charge on any atom is 0.413 e. The molecule has 0 fully saturated rings. The van der Waals surface area contributed by atoms with Crippen LogP contribution in [-0.2, 0) is 48.4 Å². The van der Waals surface area contributed by atoms with Crippen molar-refractivity contribution in [2.75, 3.05) is 23.8 Å². The van der Waals surface area contributed by atoms with Gasteiger partial charge in [0.05, 0.1) is 29.2 Å². The Labute approximate surface area is 348 Å². The molecular formula is C42H56N8O10. The third-order valence-corrected chi connectivity index (χ3v) is 9.43. The highest BCUT2D eigenvalue weighted by Crippen LogP contribution is 2.32.